The van der Waals surface area contributed by atoms with Crippen LogP contribution >= 0.6 is 0 Å². The molecule has 1 saturated carbocycles. The van der Waals surface area contributed by atoms with E-state index in [1.165, 1.54) is 19.4 Å². The van der Waals surface area contributed by atoms with Gasteiger partial charge >= 0.3 is 0 Å². The quantitative estimate of drug-likeness (QED) is 0.648. The van der Waals surface area contributed by atoms with Crippen molar-refractivity contribution < 1.29 is 0 Å². The summed E-state index contributed by atoms with van der Waals surface area (Å²) in [5.74, 6) is 0. The maximum absolute atomic E-state index is 5.52. The van der Waals surface area contributed by atoms with Gasteiger partial charge in [0.2, 0.25) is 0 Å². The fraction of sp³-hybridized carbons (Fsp3) is 1.00. The maximum Gasteiger partial charge on any atom is 0.00991 e. The first-order valence-electron chi connectivity index (χ1n) is 4.75. The van der Waals surface area contributed by atoms with E-state index in [0.717, 1.165) is 19.0 Å². The molecule has 0 bridgehead atoms. The number of nitrogens with zero attached hydrogens (tertiary/aromatic N) is 1. The summed E-state index contributed by atoms with van der Waals surface area (Å²) in [5.41, 5.74) is 5.52. The molecule has 1 rings (SSSR count). The van der Waals surface area contributed by atoms with E-state index < -0.39 is 0 Å². The molecule has 0 aliphatic heterocycles. The van der Waals surface area contributed by atoms with E-state index in [0.29, 0.717) is 6.04 Å². The van der Waals surface area contributed by atoms with Crippen LogP contribution in [-0.2, 0) is 0 Å². The van der Waals surface area contributed by atoms with Crippen LogP contribution in [-0.4, -0.2) is 30.1 Å². The molecular formula is C9H20N2. The van der Waals surface area contributed by atoms with E-state index in [1.807, 2.05) is 0 Å². The molecule has 0 aromatic carbocycles. The standard InChI is InChI=1S/C9H20N2/c1-3-11(9-4-5-9)8(2)6-7-10/h8-9H,3-7,10H2,1-2H3. The van der Waals surface area contributed by atoms with Gasteiger partial charge < -0.3 is 5.73 Å². The predicted molar refractivity (Wildman–Crippen MR) is 48.5 cm³/mol. The largest absolute Gasteiger partial charge is 0.330 e. The molecule has 0 radical (unpaired) electrons. The van der Waals surface area contributed by atoms with Crippen molar-refractivity contribution in [2.45, 2.75) is 45.2 Å². The number of nitrogens with two attached hydrogens (primary N) is 1. The molecule has 1 fully saturated rings. The summed E-state index contributed by atoms with van der Waals surface area (Å²) >= 11 is 0. The zero-order chi connectivity index (χ0) is 8.27. The Bertz CT molecular complexity index is 110. The first kappa shape index (κ1) is 9.01. The second kappa shape index (κ2) is 4.07. The molecule has 1 atom stereocenters. The molecule has 2 heteroatoms. The lowest BCUT2D eigenvalue weighted by Crippen LogP contribution is -2.36. The Morgan fingerprint density at radius 1 is 1.55 bits per heavy atom. The highest BCUT2D eigenvalue weighted by atomic mass is 15.2. The smallest absolute Gasteiger partial charge is 0.00991 e. The van der Waals surface area contributed by atoms with Crippen molar-refractivity contribution in [2.75, 3.05) is 13.1 Å². The fourth-order valence-electron chi connectivity index (χ4n) is 1.74. The van der Waals surface area contributed by atoms with Crippen LogP contribution in [0.5, 0.6) is 0 Å². The van der Waals surface area contributed by atoms with Crippen molar-refractivity contribution in [2.24, 2.45) is 5.73 Å². The summed E-state index contributed by atoms with van der Waals surface area (Å²) in [6.07, 6.45) is 3.95. The number of rotatable bonds is 5. The van der Waals surface area contributed by atoms with Gasteiger partial charge in [-0.15, -0.1) is 0 Å². The first-order valence-corrected chi connectivity index (χ1v) is 4.75. The highest BCUT2D eigenvalue weighted by molar-refractivity contribution is 4.86. The van der Waals surface area contributed by atoms with E-state index in [1.54, 1.807) is 0 Å². The highest BCUT2D eigenvalue weighted by Crippen LogP contribution is 2.28. The lowest BCUT2D eigenvalue weighted by atomic mass is 10.2. The van der Waals surface area contributed by atoms with Gasteiger partial charge in [-0.05, 0) is 39.3 Å². The Balaban J connectivity index is 2.27. The third-order valence-electron chi connectivity index (χ3n) is 2.53. The molecule has 11 heavy (non-hydrogen) atoms. The summed E-state index contributed by atoms with van der Waals surface area (Å²) in [6, 6.07) is 1.58. The van der Waals surface area contributed by atoms with E-state index in [2.05, 4.69) is 18.7 Å². The van der Waals surface area contributed by atoms with E-state index >= 15 is 0 Å². The lowest BCUT2D eigenvalue weighted by Gasteiger charge is -2.27. The summed E-state index contributed by atoms with van der Waals surface area (Å²) in [4.78, 5) is 2.58. The van der Waals surface area contributed by atoms with Crippen LogP contribution in [0.4, 0.5) is 0 Å². The van der Waals surface area contributed by atoms with E-state index in [4.69, 9.17) is 5.73 Å². The zero-order valence-electron chi connectivity index (χ0n) is 7.71. The molecule has 2 nitrogen and oxygen atoms in total. The average Bonchev–Trinajstić information content (AvgIpc) is 2.73. The highest BCUT2D eigenvalue weighted by Gasteiger charge is 2.30. The van der Waals surface area contributed by atoms with Gasteiger partial charge in [0.1, 0.15) is 0 Å². The molecule has 0 amide bonds. The van der Waals surface area contributed by atoms with Crippen molar-refractivity contribution in [3.05, 3.63) is 0 Å². The van der Waals surface area contributed by atoms with Crippen LogP contribution < -0.4 is 5.73 Å². The molecule has 66 valence electrons. The van der Waals surface area contributed by atoms with Crippen molar-refractivity contribution >= 4 is 0 Å². The van der Waals surface area contributed by atoms with Gasteiger partial charge in [-0.25, -0.2) is 0 Å². The monoisotopic (exact) mass is 156 g/mol. The Hall–Kier alpha value is -0.0800. The second-order valence-corrected chi connectivity index (χ2v) is 3.49. The van der Waals surface area contributed by atoms with Gasteiger partial charge in [0.15, 0.2) is 0 Å². The second-order valence-electron chi connectivity index (χ2n) is 3.49. The van der Waals surface area contributed by atoms with Crippen LogP contribution in [0, 0.1) is 0 Å². The normalized spacial score (nSPS) is 20.7. The zero-order valence-corrected chi connectivity index (χ0v) is 7.71. The Kier molecular flexibility index (Phi) is 3.34. The third-order valence-corrected chi connectivity index (χ3v) is 2.53. The minimum absolute atomic E-state index is 0.692. The van der Waals surface area contributed by atoms with Crippen LogP contribution in [0.1, 0.15) is 33.1 Å². The van der Waals surface area contributed by atoms with E-state index in [-0.39, 0.29) is 0 Å². The van der Waals surface area contributed by atoms with Gasteiger partial charge in [0.05, 0.1) is 0 Å². The average molecular weight is 156 g/mol. The predicted octanol–water partition coefficient (Wildman–Crippen LogP) is 1.21. The summed E-state index contributed by atoms with van der Waals surface area (Å²) in [5, 5.41) is 0. The first-order chi connectivity index (χ1) is 5.29. The van der Waals surface area contributed by atoms with Crippen LogP contribution in [0.3, 0.4) is 0 Å². The van der Waals surface area contributed by atoms with Gasteiger partial charge in [0, 0.05) is 12.1 Å². The minimum Gasteiger partial charge on any atom is -0.330 e. The lowest BCUT2D eigenvalue weighted by molar-refractivity contribution is 0.202. The summed E-state index contributed by atoms with van der Waals surface area (Å²) < 4.78 is 0. The minimum atomic E-state index is 0.692. The van der Waals surface area contributed by atoms with E-state index in [9.17, 15) is 0 Å². The molecule has 2 N–H and O–H groups in total. The van der Waals surface area contributed by atoms with Gasteiger partial charge in [0.25, 0.3) is 0 Å². The van der Waals surface area contributed by atoms with Gasteiger partial charge in [-0.1, -0.05) is 6.92 Å². The molecule has 0 aromatic heterocycles. The summed E-state index contributed by atoms with van der Waals surface area (Å²) in [7, 11) is 0. The Morgan fingerprint density at radius 3 is 2.55 bits per heavy atom. The topological polar surface area (TPSA) is 29.3 Å². The Labute approximate surface area is 69.8 Å². The molecule has 1 aliphatic carbocycles. The molecule has 1 aliphatic rings. The SMILES string of the molecule is CCN(C(C)CCN)C1CC1. The van der Waals surface area contributed by atoms with Crippen molar-refractivity contribution in [1.82, 2.24) is 4.90 Å². The van der Waals surface area contributed by atoms with Crippen molar-refractivity contribution in [3.63, 3.8) is 0 Å². The van der Waals surface area contributed by atoms with Crippen LogP contribution in [0.15, 0.2) is 0 Å². The van der Waals surface area contributed by atoms with Crippen LogP contribution in [0.25, 0.3) is 0 Å². The van der Waals surface area contributed by atoms with Crippen LogP contribution in [0.2, 0.25) is 0 Å². The molecule has 0 spiro atoms. The molecular weight excluding hydrogens is 136 g/mol. The third kappa shape index (κ3) is 2.46. The number of hydrogen-bond donors (Lipinski definition) is 1. The van der Waals surface area contributed by atoms with Gasteiger partial charge in [-0.3, -0.25) is 4.90 Å². The molecule has 0 aromatic rings. The van der Waals surface area contributed by atoms with Gasteiger partial charge in [-0.2, -0.15) is 0 Å². The number of hydrogen-bond acceptors (Lipinski definition) is 2. The Morgan fingerprint density at radius 2 is 2.18 bits per heavy atom. The molecule has 0 heterocycles. The van der Waals surface area contributed by atoms with Crippen molar-refractivity contribution in [3.8, 4) is 0 Å². The summed E-state index contributed by atoms with van der Waals surface area (Å²) in [6.45, 7) is 6.54. The molecule has 1 unspecified atom stereocenters. The molecule has 0 saturated heterocycles. The van der Waals surface area contributed by atoms with Crippen molar-refractivity contribution in [1.29, 1.82) is 0 Å². The fourth-order valence-corrected chi connectivity index (χ4v) is 1.74. The maximum atomic E-state index is 5.52.